The number of amides is 1. The Morgan fingerprint density at radius 2 is 1.94 bits per heavy atom. The molecule has 2 aromatic heterocycles. The van der Waals surface area contributed by atoms with Gasteiger partial charge in [-0.1, -0.05) is 47.7 Å². The summed E-state index contributed by atoms with van der Waals surface area (Å²) in [6.07, 6.45) is 3.20. The summed E-state index contributed by atoms with van der Waals surface area (Å²) < 4.78 is 8.07. The lowest BCUT2D eigenvalue weighted by Crippen LogP contribution is -2.27. The van der Waals surface area contributed by atoms with E-state index in [2.05, 4.69) is 4.98 Å². The Hall–Kier alpha value is -2.97. The highest BCUT2D eigenvalue weighted by atomic mass is 32.2. The first-order chi connectivity index (χ1) is 14.8. The first-order valence-electron chi connectivity index (χ1n) is 9.82. The largest absolute Gasteiger partial charge is 0.438 e. The average Bonchev–Trinajstić information content (AvgIpc) is 3.00. The third-order valence-electron chi connectivity index (χ3n) is 5.05. The van der Waals surface area contributed by atoms with Gasteiger partial charge in [-0.3, -0.25) is 18.9 Å². The minimum atomic E-state index is -0.310. The number of fused-ring (bicyclic) bond motifs is 1. The first kappa shape index (κ1) is 21.3. The minimum Gasteiger partial charge on any atom is -0.438 e. The number of hydrogen-bond acceptors (Lipinski definition) is 6. The van der Waals surface area contributed by atoms with E-state index in [0.29, 0.717) is 27.2 Å². The zero-order valence-electron chi connectivity index (χ0n) is 17.6. The van der Waals surface area contributed by atoms with Gasteiger partial charge in [-0.05, 0) is 57.0 Å². The Morgan fingerprint density at radius 1 is 1.16 bits per heavy atom. The second-order valence-corrected chi connectivity index (χ2v) is 8.99. The molecule has 6 nitrogen and oxygen atoms in total. The van der Waals surface area contributed by atoms with Crippen molar-refractivity contribution in [1.82, 2.24) is 14.3 Å². The molecule has 0 bridgehead atoms. The summed E-state index contributed by atoms with van der Waals surface area (Å²) >= 11 is 6.48. The molecule has 4 rings (SSSR count). The summed E-state index contributed by atoms with van der Waals surface area (Å²) in [5, 5.41) is 0. The molecule has 1 saturated heterocycles. The van der Waals surface area contributed by atoms with Crippen molar-refractivity contribution in [3.63, 3.8) is 0 Å². The fourth-order valence-corrected chi connectivity index (χ4v) is 4.78. The van der Waals surface area contributed by atoms with Gasteiger partial charge in [0.2, 0.25) is 5.88 Å². The molecule has 0 atom stereocenters. The molecule has 1 amide bonds. The van der Waals surface area contributed by atoms with Gasteiger partial charge in [-0.2, -0.15) is 4.98 Å². The molecule has 8 heteroatoms. The van der Waals surface area contributed by atoms with E-state index in [-0.39, 0.29) is 22.9 Å². The number of likely N-dealkylation sites (N-methyl/N-ethyl adjacent to an activating group) is 1. The Labute approximate surface area is 189 Å². The highest BCUT2D eigenvalue weighted by Crippen LogP contribution is 2.34. The van der Waals surface area contributed by atoms with Crippen LogP contribution in [0.1, 0.15) is 29.2 Å². The lowest BCUT2D eigenvalue weighted by atomic mass is 10.1. The van der Waals surface area contributed by atoms with Crippen LogP contribution in [0, 0.1) is 20.8 Å². The van der Waals surface area contributed by atoms with Gasteiger partial charge in [0.05, 0.1) is 4.91 Å². The SMILES string of the molecule is CCN1C(=O)/C(=C\c2c(Oc3ccc(C)cc3C)nc3c(C)cccn3c2=O)SC1=S. The van der Waals surface area contributed by atoms with Crippen LogP contribution in [0.3, 0.4) is 0 Å². The molecule has 0 saturated carbocycles. The monoisotopic (exact) mass is 451 g/mol. The van der Waals surface area contributed by atoms with Crippen LogP contribution in [0.4, 0.5) is 0 Å². The topological polar surface area (TPSA) is 63.9 Å². The van der Waals surface area contributed by atoms with Gasteiger partial charge >= 0.3 is 0 Å². The number of carbonyl (C=O) groups excluding carboxylic acids is 1. The zero-order chi connectivity index (χ0) is 22.3. The maximum Gasteiger partial charge on any atom is 0.269 e. The van der Waals surface area contributed by atoms with E-state index in [1.165, 1.54) is 27.1 Å². The van der Waals surface area contributed by atoms with Crippen LogP contribution >= 0.6 is 24.0 Å². The van der Waals surface area contributed by atoms with E-state index < -0.39 is 0 Å². The van der Waals surface area contributed by atoms with Crippen molar-refractivity contribution in [2.24, 2.45) is 0 Å². The van der Waals surface area contributed by atoms with Gasteiger partial charge < -0.3 is 4.74 Å². The molecule has 1 fully saturated rings. The molecule has 158 valence electrons. The standard InChI is InChI=1S/C23H21N3O3S2/c1-5-25-22(28)18(31-23(25)30)12-16-20(29-17-9-8-13(2)11-15(17)4)24-19-14(3)7-6-10-26(19)21(16)27/h6-12H,5H2,1-4H3/b18-12+. The molecule has 3 heterocycles. The Balaban J connectivity index is 1.93. The number of aryl methyl sites for hydroxylation is 3. The number of hydrogen-bond donors (Lipinski definition) is 0. The summed E-state index contributed by atoms with van der Waals surface area (Å²) in [6, 6.07) is 9.46. The zero-order valence-corrected chi connectivity index (χ0v) is 19.3. The molecule has 0 radical (unpaired) electrons. The summed E-state index contributed by atoms with van der Waals surface area (Å²) in [5.41, 5.74) is 3.28. The summed E-state index contributed by atoms with van der Waals surface area (Å²) in [4.78, 5) is 32.6. The van der Waals surface area contributed by atoms with Crippen LogP contribution in [0.5, 0.6) is 11.6 Å². The number of rotatable bonds is 4. The molecule has 1 aliphatic rings. The Morgan fingerprint density at radius 3 is 2.61 bits per heavy atom. The third kappa shape index (κ3) is 3.88. The van der Waals surface area contributed by atoms with Crippen LogP contribution < -0.4 is 10.3 Å². The van der Waals surface area contributed by atoms with Gasteiger partial charge in [0, 0.05) is 12.7 Å². The van der Waals surface area contributed by atoms with Gasteiger partial charge in [-0.15, -0.1) is 0 Å². The van der Waals surface area contributed by atoms with Crippen molar-refractivity contribution >= 4 is 45.9 Å². The molecule has 1 aromatic carbocycles. The highest BCUT2D eigenvalue weighted by Gasteiger charge is 2.31. The molecule has 0 spiro atoms. The lowest BCUT2D eigenvalue weighted by Gasteiger charge is -2.13. The predicted molar refractivity (Wildman–Crippen MR) is 128 cm³/mol. The van der Waals surface area contributed by atoms with E-state index in [1.807, 2.05) is 52.0 Å². The number of aromatic nitrogens is 2. The summed E-state index contributed by atoms with van der Waals surface area (Å²) in [7, 11) is 0. The predicted octanol–water partition coefficient (Wildman–Crippen LogP) is 4.63. The Kier molecular flexibility index (Phi) is 5.68. The third-order valence-corrected chi connectivity index (χ3v) is 6.43. The number of nitrogens with zero attached hydrogens (tertiary/aromatic N) is 3. The molecule has 0 aliphatic carbocycles. The van der Waals surface area contributed by atoms with E-state index in [1.54, 1.807) is 12.3 Å². The molecule has 0 N–H and O–H groups in total. The number of pyridine rings is 1. The smallest absolute Gasteiger partial charge is 0.269 e. The fourth-order valence-electron chi connectivity index (χ4n) is 3.42. The molecule has 0 unspecified atom stereocenters. The lowest BCUT2D eigenvalue weighted by molar-refractivity contribution is -0.121. The second-order valence-electron chi connectivity index (χ2n) is 7.32. The van der Waals surface area contributed by atoms with Gasteiger partial charge in [0.1, 0.15) is 21.3 Å². The number of ether oxygens (including phenoxy) is 1. The molecule has 1 aliphatic heterocycles. The highest BCUT2D eigenvalue weighted by molar-refractivity contribution is 8.26. The van der Waals surface area contributed by atoms with Crippen molar-refractivity contribution in [2.75, 3.05) is 6.54 Å². The maximum atomic E-state index is 13.4. The van der Waals surface area contributed by atoms with E-state index >= 15 is 0 Å². The summed E-state index contributed by atoms with van der Waals surface area (Å²) in [5.74, 6) is 0.544. The molecule has 3 aromatic rings. The molecular weight excluding hydrogens is 430 g/mol. The number of thioether (sulfide) groups is 1. The van der Waals surface area contributed by atoms with Crippen molar-refractivity contribution in [3.05, 3.63) is 74.0 Å². The first-order valence-corrected chi connectivity index (χ1v) is 11.0. The fraction of sp³-hybridized carbons (Fsp3) is 0.217. The summed E-state index contributed by atoms with van der Waals surface area (Å²) in [6.45, 7) is 8.16. The van der Waals surface area contributed by atoms with Crippen LogP contribution in [0.15, 0.2) is 46.2 Å². The van der Waals surface area contributed by atoms with Crippen LogP contribution in [-0.4, -0.2) is 31.1 Å². The normalized spacial score (nSPS) is 15.4. The van der Waals surface area contributed by atoms with E-state index in [9.17, 15) is 9.59 Å². The van der Waals surface area contributed by atoms with Gasteiger partial charge in [-0.25, -0.2) is 0 Å². The van der Waals surface area contributed by atoms with Crippen molar-refractivity contribution in [3.8, 4) is 11.6 Å². The van der Waals surface area contributed by atoms with Crippen LogP contribution in [-0.2, 0) is 4.79 Å². The van der Waals surface area contributed by atoms with E-state index in [4.69, 9.17) is 17.0 Å². The van der Waals surface area contributed by atoms with Gasteiger partial charge in [0.25, 0.3) is 11.5 Å². The quantitative estimate of drug-likeness (QED) is 0.426. The Bertz CT molecular complexity index is 1330. The second kappa shape index (κ2) is 8.28. The van der Waals surface area contributed by atoms with Crippen LogP contribution in [0.2, 0.25) is 0 Å². The van der Waals surface area contributed by atoms with Crippen molar-refractivity contribution in [1.29, 1.82) is 0 Å². The van der Waals surface area contributed by atoms with Gasteiger partial charge in [0.15, 0.2) is 0 Å². The van der Waals surface area contributed by atoms with E-state index in [0.717, 1.165) is 16.7 Å². The molecule has 31 heavy (non-hydrogen) atoms. The van der Waals surface area contributed by atoms with Crippen molar-refractivity contribution in [2.45, 2.75) is 27.7 Å². The maximum absolute atomic E-state index is 13.4. The average molecular weight is 452 g/mol. The number of carbonyl (C=O) groups is 1. The molecular formula is C23H21N3O3S2. The number of benzene rings is 1. The van der Waals surface area contributed by atoms with Crippen molar-refractivity contribution < 1.29 is 9.53 Å². The number of thiocarbonyl (C=S) groups is 1. The minimum absolute atomic E-state index is 0.160. The van der Waals surface area contributed by atoms with Crippen LogP contribution in [0.25, 0.3) is 11.7 Å².